The van der Waals surface area contributed by atoms with Crippen molar-refractivity contribution in [3.8, 4) is 0 Å². The average Bonchev–Trinajstić information content (AvgIpc) is 2.84. The monoisotopic (exact) mass is 362 g/mol. The number of hydrogen-bond donors (Lipinski definition) is 1. The van der Waals surface area contributed by atoms with Gasteiger partial charge in [0, 0.05) is 12.1 Å². The van der Waals surface area contributed by atoms with Gasteiger partial charge in [-0.3, -0.25) is 14.4 Å². The number of halogens is 2. The number of carbonyl (C=O) groups is 3. The Kier molecular flexibility index (Phi) is 4.80. The molecular formula is C17H12F2N2O3S. The lowest BCUT2D eigenvalue weighted by Crippen LogP contribution is -2.32. The fourth-order valence-corrected chi connectivity index (χ4v) is 3.31. The summed E-state index contributed by atoms with van der Waals surface area (Å²) in [4.78, 5) is 37.4. The normalized spacial score (nSPS) is 17.0. The molecule has 1 unspecified atom stereocenters. The summed E-state index contributed by atoms with van der Waals surface area (Å²) in [7, 11) is 0. The van der Waals surface area contributed by atoms with Gasteiger partial charge in [-0.25, -0.2) is 13.7 Å². The van der Waals surface area contributed by atoms with E-state index in [9.17, 15) is 23.2 Å². The second kappa shape index (κ2) is 7.02. The lowest BCUT2D eigenvalue weighted by molar-refractivity contribution is -0.121. The molecule has 2 aromatic rings. The van der Waals surface area contributed by atoms with Crippen molar-refractivity contribution in [1.29, 1.82) is 0 Å². The van der Waals surface area contributed by atoms with Gasteiger partial charge >= 0.3 is 0 Å². The molecule has 3 rings (SSSR count). The summed E-state index contributed by atoms with van der Waals surface area (Å²) in [6.45, 7) is 0. The molecular weight excluding hydrogens is 350 g/mol. The van der Waals surface area contributed by atoms with Crippen LogP contribution in [0.2, 0.25) is 0 Å². The highest BCUT2D eigenvalue weighted by atomic mass is 32.2. The quantitative estimate of drug-likeness (QED) is 0.903. The van der Waals surface area contributed by atoms with Gasteiger partial charge in [-0.2, -0.15) is 0 Å². The highest BCUT2D eigenvalue weighted by molar-refractivity contribution is 8.15. The van der Waals surface area contributed by atoms with Crippen molar-refractivity contribution in [3.63, 3.8) is 0 Å². The van der Waals surface area contributed by atoms with Crippen molar-refractivity contribution < 1.29 is 23.2 Å². The van der Waals surface area contributed by atoms with Gasteiger partial charge in [0.15, 0.2) is 0 Å². The van der Waals surface area contributed by atoms with Crippen molar-refractivity contribution in [1.82, 2.24) is 0 Å². The van der Waals surface area contributed by atoms with Crippen LogP contribution >= 0.6 is 11.8 Å². The zero-order valence-electron chi connectivity index (χ0n) is 12.7. The van der Waals surface area contributed by atoms with Gasteiger partial charge in [-0.1, -0.05) is 0 Å². The number of imide groups is 1. The van der Waals surface area contributed by atoms with E-state index in [0.29, 0.717) is 5.69 Å². The maximum atomic E-state index is 13.0. The van der Waals surface area contributed by atoms with Gasteiger partial charge in [-0.05, 0) is 60.3 Å². The molecule has 1 atom stereocenters. The second-order valence-electron chi connectivity index (χ2n) is 5.28. The summed E-state index contributed by atoms with van der Waals surface area (Å²) in [5, 5.41) is 1.16. The predicted octanol–water partition coefficient (Wildman–Crippen LogP) is 3.56. The second-order valence-corrected chi connectivity index (χ2v) is 6.44. The minimum atomic E-state index is -0.863. The van der Waals surface area contributed by atoms with E-state index in [-0.39, 0.29) is 12.1 Å². The van der Waals surface area contributed by atoms with E-state index >= 15 is 0 Å². The molecule has 2 aromatic carbocycles. The lowest BCUT2D eigenvalue weighted by atomic mass is 10.2. The van der Waals surface area contributed by atoms with Gasteiger partial charge < -0.3 is 5.32 Å². The number of carbonyl (C=O) groups excluding carboxylic acids is 3. The Hall–Kier alpha value is -2.74. The van der Waals surface area contributed by atoms with Crippen LogP contribution in [0.4, 0.5) is 25.0 Å². The van der Waals surface area contributed by atoms with Gasteiger partial charge in [-0.15, -0.1) is 0 Å². The van der Waals surface area contributed by atoms with Crippen LogP contribution in [-0.4, -0.2) is 22.3 Å². The van der Waals surface area contributed by atoms with Crippen LogP contribution in [0.3, 0.4) is 0 Å². The fourth-order valence-electron chi connectivity index (χ4n) is 2.32. The van der Waals surface area contributed by atoms with Crippen LogP contribution in [0.15, 0.2) is 48.5 Å². The molecule has 25 heavy (non-hydrogen) atoms. The van der Waals surface area contributed by atoms with Crippen molar-refractivity contribution >= 4 is 40.2 Å². The maximum absolute atomic E-state index is 13.0. The molecule has 0 radical (unpaired) electrons. The molecule has 8 heteroatoms. The molecule has 5 nitrogen and oxygen atoms in total. The Morgan fingerprint density at radius 1 is 1.00 bits per heavy atom. The minimum Gasteiger partial charge on any atom is -0.326 e. The topological polar surface area (TPSA) is 66.5 Å². The number of benzene rings is 2. The Bertz CT molecular complexity index is 825. The van der Waals surface area contributed by atoms with Crippen molar-refractivity contribution in [2.24, 2.45) is 0 Å². The third-order valence-corrected chi connectivity index (χ3v) is 4.54. The largest absolute Gasteiger partial charge is 0.326 e. The number of nitrogens with one attached hydrogen (secondary N) is 1. The number of nitrogens with zero attached hydrogens (tertiary/aromatic N) is 1. The van der Waals surface area contributed by atoms with E-state index in [1.165, 1.54) is 36.4 Å². The zero-order valence-corrected chi connectivity index (χ0v) is 13.6. The molecule has 1 aliphatic rings. The fraction of sp³-hybridized carbons (Fsp3) is 0.118. The van der Waals surface area contributed by atoms with E-state index in [4.69, 9.17) is 0 Å². The highest BCUT2D eigenvalue weighted by Crippen LogP contribution is 2.33. The smallest absolute Gasteiger partial charge is 0.293 e. The molecule has 1 aliphatic heterocycles. The van der Waals surface area contributed by atoms with Crippen LogP contribution in [0, 0.1) is 11.6 Å². The highest BCUT2D eigenvalue weighted by Gasteiger charge is 2.41. The first-order valence-corrected chi connectivity index (χ1v) is 8.17. The SMILES string of the molecule is O=C(CC1SC(=O)N(c2ccc(F)cc2)C1=O)Nc1ccc(F)cc1. The third kappa shape index (κ3) is 3.85. The van der Waals surface area contributed by atoms with E-state index < -0.39 is 33.9 Å². The van der Waals surface area contributed by atoms with Crippen LogP contribution in [0.25, 0.3) is 0 Å². The molecule has 1 N–H and O–H groups in total. The zero-order chi connectivity index (χ0) is 18.0. The van der Waals surface area contributed by atoms with Gasteiger partial charge in [0.2, 0.25) is 11.8 Å². The van der Waals surface area contributed by atoms with Crippen molar-refractivity contribution in [2.75, 3.05) is 10.2 Å². The predicted molar refractivity (Wildman–Crippen MR) is 90.3 cm³/mol. The number of thioether (sulfide) groups is 1. The van der Waals surface area contributed by atoms with Crippen LogP contribution in [0.1, 0.15) is 6.42 Å². The number of anilines is 2. The van der Waals surface area contributed by atoms with Crippen molar-refractivity contribution in [3.05, 3.63) is 60.2 Å². The first-order chi connectivity index (χ1) is 11.9. The molecule has 3 amide bonds. The Morgan fingerprint density at radius 3 is 2.16 bits per heavy atom. The summed E-state index contributed by atoms with van der Waals surface area (Å²) in [6, 6.07) is 10.1. The molecule has 1 saturated heterocycles. The number of amides is 3. The van der Waals surface area contributed by atoms with E-state index in [0.717, 1.165) is 28.8 Å². The summed E-state index contributed by atoms with van der Waals surface area (Å²) in [5.41, 5.74) is 0.647. The van der Waals surface area contributed by atoms with Gasteiger partial charge in [0.25, 0.3) is 5.24 Å². The van der Waals surface area contributed by atoms with Crippen LogP contribution < -0.4 is 10.2 Å². The molecule has 0 saturated carbocycles. The average molecular weight is 362 g/mol. The molecule has 0 bridgehead atoms. The Balaban J connectivity index is 1.66. The third-order valence-electron chi connectivity index (χ3n) is 3.51. The van der Waals surface area contributed by atoms with Gasteiger partial charge in [0.1, 0.15) is 16.9 Å². The number of hydrogen-bond acceptors (Lipinski definition) is 4. The summed E-state index contributed by atoms with van der Waals surface area (Å²) in [5.74, 6) is -1.91. The first-order valence-electron chi connectivity index (χ1n) is 7.29. The van der Waals surface area contributed by atoms with Crippen LogP contribution in [-0.2, 0) is 9.59 Å². The summed E-state index contributed by atoms with van der Waals surface area (Å²) < 4.78 is 25.8. The Morgan fingerprint density at radius 2 is 1.56 bits per heavy atom. The lowest BCUT2D eigenvalue weighted by Gasteiger charge is -2.13. The van der Waals surface area contributed by atoms with Crippen LogP contribution in [0.5, 0.6) is 0 Å². The standard InChI is InChI=1S/C17H12F2N2O3S/c18-10-1-5-12(6-2-10)20-15(22)9-14-16(23)21(17(24)25-14)13-7-3-11(19)4-8-13/h1-8,14H,9H2,(H,20,22). The number of rotatable bonds is 4. The van der Waals surface area contributed by atoms with Crippen molar-refractivity contribution in [2.45, 2.75) is 11.7 Å². The molecule has 1 fully saturated rings. The molecule has 0 spiro atoms. The molecule has 128 valence electrons. The first kappa shape index (κ1) is 17.1. The molecule has 0 aromatic heterocycles. The molecule has 0 aliphatic carbocycles. The Labute approximate surface area is 146 Å². The van der Waals surface area contributed by atoms with E-state index in [1.807, 2.05) is 0 Å². The summed E-state index contributed by atoms with van der Waals surface area (Å²) in [6.07, 6.45) is -0.204. The molecule has 1 heterocycles. The minimum absolute atomic E-state index is 0.204. The van der Waals surface area contributed by atoms with Gasteiger partial charge in [0.05, 0.1) is 5.69 Å². The van der Waals surface area contributed by atoms with E-state index in [1.54, 1.807) is 0 Å². The maximum Gasteiger partial charge on any atom is 0.293 e. The van der Waals surface area contributed by atoms with E-state index in [2.05, 4.69) is 5.32 Å². The summed E-state index contributed by atoms with van der Waals surface area (Å²) >= 11 is 0.745.